The summed E-state index contributed by atoms with van der Waals surface area (Å²) >= 11 is 0. The van der Waals surface area contributed by atoms with E-state index in [1.165, 1.54) is 83.6 Å². The van der Waals surface area contributed by atoms with Gasteiger partial charge in [-0.2, -0.15) is 0 Å². The Labute approximate surface area is 147 Å². The van der Waals surface area contributed by atoms with Crippen LogP contribution in [0.25, 0.3) is 0 Å². The molecule has 0 bridgehead atoms. The molecule has 0 aliphatic carbocycles. The van der Waals surface area contributed by atoms with Crippen LogP contribution in [0.3, 0.4) is 0 Å². The monoisotopic (exact) mass is 341 g/mol. The van der Waals surface area contributed by atoms with E-state index in [0.29, 0.717) is 6.04 Å². The molecular formula is C20H43NOSi. The fraction of sp³-hybridized carbons (Fsp3) is 1.00. The molecule has 0 aromatic carbocycles. The molecule has 0 spiro atoms. The lowest BCUT2D eigenvalue weighted by molar-refractivity contribution is 0.00512. The van der Waals surface area contributed by atoms with Gasteiger partial charge >= 0.3 is 0 Å². The second kappa shape index (κ2) is 10.9. The van der Waals surface area contributed by atoms with Crippen LogP contribution in [0.1, 0.15) is 90.9 Å². The average molecular weight is 342 g/mol. The third-order valence-corrected chi connectivity index (χ3v) is 6.13. The summed E-state index contributed by atoms with van der Waals surface area (Å²) in [6.45, 7) is 12.9. The van der Waals surface area contributed by atoms with Crippen molar-refractivity contribution in [2.75, 3.05) is 6.54 Å². The maximum atomic E-state index is 6.95. The van der Waals surface area contributed by atoms with Crippen LogP contribution in [0.15, 0.2) is 0 Å². The Bertz CT molecular complexity index is 283. The van der Waals surface area contributed by atoms with E-state index < -0.39 is 8.32 Å². The Balaban J connectivity index is 2.76. The third kappa shape index (κ3) is 8.17. The van der Waals surface area contributed by atoms with E-state index in [2.05, 4.69) is 38.8 Å². The molecule has 0 radical (unpaired) electrons. The van der Waals surface area contributed by atoms with Gasteiger partial charge in [-0.05, 0) is 51.9 Å². The molecule has 0 saturated carbocycles. The van der Waals surface area contributed by atoms with Crippen molar-refractivity contribution in [3.8, 4) is 0 Å². The van der Waals surface area contributed by atoms with Crippen molar-refractivity contribution in [2.45, 2.75) is 122 Å². The van der Waals surface area contributed by atoms with E-state index in [4.69, 9.17) is 4.43 Å². The Morgan fingerprint density at radius 1 is 0.913 bits per heavy atom. The van der Waals surface area contributed by atoms with Crippen LogP contribution >= 0.6 is 0 Å². The minimum absolute atomic E-state index is 0.114. The average Bonchev–Trinajstić information content (AvgIpc) is 3.01. The van der Waals surface area contributed by atoms with E-state index in [1.54, 1.807) is 0 Å². The molecule has 1 atom stereocenters. The zero-order chi connectivity index (χ0) is 17.2. The molecule has 1 saturated heterocycles. The summed E-state index contributed by atoms with van der Waals surface area (Å²) in [6, 6.07) is 0.595. The molecule has 0 aromatic heterocycles. The standard InChI is InChI=1S/C20H43NOSi/c1-6-8-10-12-16-20(22-23(3,4)5,17-13-11-9-7-2)19-15-14-18-21-19/h19,21H,6-18H2,1-5H3/t19-/m0/s1. The Hall–Kier alpha value is 0.137. The summed E-state index contributed by atoms with van der Waals surface area (Å²) < 4.78 is 6.95. The largest absolute Gasteiger partial charge is 0.411 e. The molecule has 1 aliphatic rings. The van der Waals surface area contributed by atoms with Gasteiger partial charge in [0, 0.05) is 6.04 Å². The maximum absolute atomic E-state index is 6.95. The summed E-state index contributed by atoms with van der Waals surface area (Å²) in [6.07, 6.45) is 16.0. The Morgan fingerprint density at radius 2 is 1.48 bits per heavy atom. The van der Waals surface area contributed by atoms with E-state index in [1.807, 2.05) is 0 Å². The second-order valence-electron chi connectivity index (χ2n) is 8.55. The molecule has 1 aliphatic heterocycles. The zero-order valence-electron chi connectivity index (χ0n) is 16.7. The van der Waals surface area contributed by atoms with Crippen molar-refractivity contribution in [3.05, 3.63) is 0 Å². The van der Waals surface area contributed by atoms with Gasteiger partial charge in [0.15, 0.2) is 8.32 Å². The fourth-order valence-corrected chi connectivity index (χ4v) is 5.66. The minimum atomic E-state index is -1.54. The van der Waals surface area contributed by atoms with E-state index >= 15 is 0 Å². The molecule has 0 aromatic rings. The van der Waals surface area contributed by atoms with Gasteiger partial charge < -0.3 is 9.74 Å². The number of rotatable bonds is 13. The van der Waals surface area contributed by atoms with Crippen molar-refractivity contribution in [2.24, 2.45) is 0 Å². The normalized spacial score (nSPS) is 19.4. The van der Waals surface area contributed by atoms with Gasteiger partial charge in [0.25, 0.3) is 0 Å². The van der Waals surface area contributed by atoms with E-state index in [9.17, 15) is 0 Å². The lowest BCUT2D eigenvalue weighted by Crippen LogP contribution is -2.54. The fourth-order valence-electron chi connectivity index (χ4n) is 4.09. The Morgan fingerprint density at radius 3 is 1.87 bits per heavy atom. The number of hydrogen-bond donors (Lipinski definition) is 1. The molecule has 1 fully saturated rings. The molecule has 0 amide bonds. The van der Waals surface area contributed by atoms with Gasteiger partial charge in [0.05, 0.1) is 5.60 Å². The highest BCUT2D eigenvalue weighted by atomic mass is 28.4. The lowest BCUT2D eigenvalue weighted by atomic mass is 9.82. The third-order valence-electron chi connectivity index (χ3n) is 5.11. The quantitative estimate of drug-likeness (QED) is 0.315. The highest BCUT2D eigenvalue weighted by molar-refractivity contribution is 6.69. The number of hydrogen-bond acceptors (Lipinski definition) is 2. The van der Waals surface area contributed by atoms with Crippen LogP contribution in [0.2, 0.25) is 19.6 Å². The minimum Gasteiger partial charge on any atom is -0.411 e. The van der Waals surface area contributed by atoms with Gasteiger partial charge in [-0.1, -0.05) is 65.2 Å². The van der Waals surface area contributed by atoms with Crippen molar-refractivity contribution >= 4 is 8.32 Å². The predicted octanol–water partition coefficient (Wildman–Crippen LogP) is 6.27. The summed E-state index contributed by atoms with van der Waals surface area (Å²) in [5, 5.41) is 3.80. The first-order valence-corrected chi connectivity index (χ1v) is 13.8. The molecule has 2 nitrogen and oxygen atoms in total. The highest BCUT2D eigenvalue weighted by Crippen LogP contribution is 2.36. The van der Waals surface area contributed by atoms with Crippen LogP contribution < -0.4 is 5.32 Å². The van der Waals surface area contributed by atoms with Crippen molar-refractivity contribution in [1.29, 1.82) is 0 Å². The molecule has 1 heterocycles. The van der Waals surface area contributed by atoms with E-state index in [0.717, 1.165) is 0 Å². The van der Waals surface area contributed by atoms with Gasteiger partial charge in [0.1, 0.15) is 0 Å². The van der Waals surface area contributed by atoms with Gasteiger partial charge in [0.2, 0.25) is 0 Å². The van der Waals surface area contributed by atoms with Crippen LogP contribution in [0.4, 0.5) is 0 Å². The molecule has 3 heteroatoms. The Kier molecular flexibility index (Phi) is 10.0. The van der Waals surface area contributed by atoms with E-state index in [-0.39, 0.29) is 5.60 Å². The van der Waals surface area contributed by atoms with Crippen LogP contribution in [-0.4, -0.2) is 26.5 Å². The first-order valence-electron chi connectivity index (χ1n) is 10.4. The molecule has 0 unspecified atom stereocenters. The van der Waals surface area contributed by atoms with Crippen molar-refractivity contribution < 1.29 is 4.43 Å². The lowest BCUT2D eigenvalue weighted by Gasteiger charge is -2.44. The van der Waals surface area contributed by atoms with Gasteiger partial charge in [-0.15, -0.1) is 0 Å². The zero-order valence-corrected chi connectivity index (χ0v) is 17.7. The SMILES string of the molecule is CCCCCCC(CCCCCC)(O[Si](C)(C)C)[C@@H]1CCCN1. The van der Waals surface area contributed by atoms with Crippen molar-refractivity contribution in [1.82, 2.24) is 5.32 Å². The number of unbranched alkanes of at least 4 members (excludes halogenated alkanes) is 6. The van der Waals surface area contributed by atoms with Gasteiger partial charge in [-0.3, -0.25) is 0 Å². The first kappa shape index (κ1) is 21.2. The van der Waals surface area contributed by atoms with Crippen molar-refractivity contribution in [3.63, 3.8) is 0 Å². The van der Waals surface area contributed by atoms with Crippen LogP contribution in [0, 0.1) is 0 Å². The topological polar surface area (TPSA) is 21.3 Å². The van der Waals surface area contributed by atoms with Crippen LogP contribution in [-0.2, 0) is 4.43 Å². The summed E-state index contributed by atoms with van der Waals surface area (Å²) in [5.74, 6) is 0. The second-order valence-corrected chi connectivity index (χ2v) is 13.0. The molecule has 23 heavy (non-hydrogen) atoms. The number of nitrogens with one attached hydrogen (secondary N) is 1. The predicted molar refractivity (Wildman–Crippen MR) is 106 cm³/mol. The highest BCUT2D eigenvalue weighted by Gasteiger charge is 2.42. The summed E-state index contributed by atoms with van der Waals surface area (Å²) in [7, 11) is -1.54. The first-order chi connectivity index (χ1) is 10.9. The smallest absolute Gasteiger partial charge is 0.184 e. The van der Waals surface area contributed by atoms with Gasteiger partial charge in [-0.25, -0.2) is 0 Å². The molecule has 1 N–H and O–H groups in total. The molecular weight excluding hydrogens is 298 g/mol. The molecule has 1 rings (SSSR count). The summed E-state index contributed by atoms with van der Waals surface area (Å²) in [4.78, 5) is 0. The molecule has 138 valence electrons. The maximum Gasteiger partial charge on any atom is 0.184 e. The van der Waals surface area contributed by atoms with Crippen LogP contribution in [0.5, 0.6) is 0 Å². The summed E-state index contributed by atoms with van der Waals surface area (Å²) in [5.41, 5.74) is 0.114.